The van der Waals surface area contributed by atoms with Crippen LogP contribution in [0, 0.1) is 0 Å². The number of carbonyl (C=O) groups excluding carboxylic acids is 4. The number of carbonyl (C=O) groups is 4. The number of esters is 2. The zero-order valence-electron chi connectivity index (χ0n) is 13.1. The van der Waals surface area contributed by atoms with Crippen molar-refractivity contribution in [1.29, 1.82) is 0 Å². The average Bonchev–Trinajstić information content (AvgIpc) is 2.82. The van der Waals surface area contributed by atoms with Crippen LogP contribution in [0.1, 0.15) is 35.7 Å². The van der Waals surface area contributed by atoms with Gasteiger partial charge in [0.2, 0.25) is 5.91 Å². The molecule has 1 aliphatic rings. The molecule has 122 valence electrons. The summed E-state index contributed by atoms with van der Waals surface area (Å²) in [4.78, 5) is 47.4. The third-order valence-corrected chi connectivity index (χ3v) is 3.96. The van der Waals surface area contributed by atoms with Crippen molar-refractivity contribution in [3.63, 3.8) is 0 Å². The van der Waals surface area contributed by atoms with Crippen molar-refractivity contribution in [3.8, 4) is 0 Å². The molecule has 1 heterocycles. The minimum atomic E-state index is -1.50. The Morgan fingerprint density at radius 1 is 1.13 bits per heavy atom. The SMILES string of the molecule is COC(=O)CCC(=O)c1ccc2c(c1)C(C)(C(=O)OC)C(=O)N2. The smallest absolute Gasteiger partial charge is 0.325 e. The fraction of sp³-hybridized carbons (Fsp3) is 0.375. The maximum Gasteiger partial charge on any atom is 0.325 e. The van der Waals surface area contributed by atoms with E-state index >= 15 is 0 Å². The van der Waals surface area contributed by atoms with E-state index in [0.717, 1.165) is 0 Å². The summed E-state index contributed by atoms with van der Waals surface area (Å²) in [5, 5.41) is 2.60. The van der Waals surface area contributed by atoms with Gasteiger partial charge in [-0.3, -0.25) is 19.2 Å². The normalized spacial score (nSPS) is 18.8. The van der Waals surface area contributed by atoms with Crippen molar-refractivity contribution >= 4 is 29.3 Å². The molecule has 23 heavy (non-hydrogen) atoms. The Hall–Kier alpha value is -2.70. The van der Waals surface area contributed by atoms with E-state index in [0.29, 0.717) is 16.8 Å². The lowest BCUT2D eigenvalue weighted by Crippen LogP contribution is -2.40. The number of methoxy groups -OCH3 is 2. The van der Waals surface area contributed by atoms with E-state index in [9.17, 15) is 19.2 Å². The first-order valence-electron chi connectivity index (χ1n) is 6.99. The predicted octanol–water partition coefficient (Wildman–Crippen LogP) is 1.21. The molecule has 7 heteroatoms. The van der Waals surface area contributed by atoms with Gasteiger partial charge in [0.15, 0.2) is 11.2 Å². The third kappa shape index (κ3) is 2.81. The topological polar surface area (TPSA) is 98.8 Å². The standard InChI is InChI=1S/C16H17NO6/c1-16(15(21)23-3)10-8-9(4-5-11(10)17-14(16)20)12(18)6-7-13(19)22-2/h4-5,8H,6-7H2,1-3H3,(H,17,20). The average molecular weight is 319 g/mol. The number of hydrogen-bond donors (Lipinski definition) is 1. The predicted molar refractivity (Wildman–Crippen MR) is 80.0 cm³/mol. The summed E-state index contributed by atoms with van der Waals surface area (Å²) in [5.74, 6) is -1.95. The second-order valence-corrected chi connectivity index (χ2v) is 5.33. The third-order valence-electron chi connectivity index (χ3n) is 3.96. The van der Waals surface area contributed by atoms with Gasteiger partial charge in [0, 0.05) is 23.2 Å². The van der Waals surface area contributed by atoms with Crippen LogP contribution in [0.3, 0.4) is 0 Å². The number of fused-ring (bicyclic) bond motifs is 1. The summed E-state index contributed by atoms with van der Waals surface area (Å²) < 4.78 is 9.21. The second kappa shape index (κ2) is 6.20. The molecule has 0 aliphatic carbocycles. The van der Waals surface area contributed by atoms with Crippen LogP contribution in [0.15, 0.2) is 18.2 Å². The lowest BCUT2D eigenvalue weighted by Gasteiger charge is -2.19. The minimum absolute atomic E-state index is 0.0121. The van der Waals surface area contributed by atoms with Crippen LogP contribution >= 0.6 is 0 Å². The molecule has 0 saturated heterocycles. The quantitative estimate of drug-likeness (QED) is 0.497. The number of ketones is 1. The summed E-state index contributed by atoms with van der Waals surface area (Å²) in [6.07, 6.45) is -0.0420. The summed E-state index contributed by atoms with van der Waals surface area (Å²) in [5.41, 5.74) is -0.326. The molecule has 7 nitrogen and oxygen atoms in total. The first-order chi connectivity index (χ1) is 10.8. The van der Waals surface area contributed by atoms with Gasteiger partial charge in [0.05, 0.1) is 20.6 Å². The number of hydrogen-bond acceptors (Lipinski definition) is 6. The Kier molecular flexibility index (Phi) is 4.49. The number of ether oxygens (including phenoxy) is 2. The van der Waals surface area contributed by atoms with Gasteiger partial charge in [-0.25, -0.2) is 0 Å². The van der Waals surface area contributed by atoms with Gasteiger partial charge in [-0.1, -0.05) is 0 Å². The molecule has 2 rings (SSSR count). The Morgan fingerprint density at radius 2 is 1.83 bits per heavy atom. The summed E-state index contributed by atoms with van der Waals surface area (Å²) in [6.45, 7) is 1.45. The zero-order chi connectivity index (χ0) is 17.2. The van der Waals surface area contributed by atoms with E-state index in [4.69, 9.17) is 4.74 Å². The second-order valence-electron chi connectivity index (χ2n) is 5.33. The minimum Gasteiger partial charge on any atom is -0.469 e. The maximum atomic E-state index is 12.2. The van der Waals surface area contributed by atoms with Gasteiger partial charge in [0.25, 0.3) is 0 Å². The van der Waals surface area contributed by atoms with Crippen LogP contribution in [0.5, 0.6) is 0 Å². The molecular weight excluding hydrogens is 302 g/mol. The van der Waals surface area contributed by atoms with Gasteiger partial charge < -0.3 is 14.8 Å². The fourth-order valence-electron chi connectivity index (χ4n) is 2.48. The van der Waals surface area contributed by atoms with Gasteiger partial charge in [-0.15, -0.1) is 0 Å². The van der Waals surface area contributed by atoms with E-state index in [-0.39, 0.29) is 18.6 Å². The van der Waals surface area contributed by atoms with Crippen molar-refractivity contribution in [2.75, 3.05) is 19.5 Å². The Bertz CT molecular complexity index is 686. The van der Waals surface area contributed by atoms with E-state index < -0.39 is 23.3 Å². The summed E-state index contributed by atoms with van der Waals surface area (Å²) >= 11 is 0. The maximum absolute atomic E-state index is 12.2. The van der Waals surface area contributed by atoms with Gasteiger partial charge in [-0.2, -0.15) is 0 Å². The largest absolute Gasteiger partial charge is 0.469 e. The van der Waals surface area contributed by atoms with Gasteiger partial charge in [-0.05, 0) is 25.1 Å². The number of amides is 1. The Morgan fingerprint density at radius 3 is 2.43 bits per heavy atom. The van der Waals surface area contributed by atoms with Gasteiger partial charge >= 0.3 is 11.9 Å². The zero-order valence-corrected chi connectivity index (χ0v) is 13.1. The Labute approximate surface area is 132 Å². The molecule has 0 fully saturated rings. The molecule has 1 atom stereocenters. The van der Waals surface area contributed by atoms with Crippen molar-refractivity contribution in [2.24, 2.45) is 0 Å². The monoisotopic (exact) mass is 319 g/mol. The fourth-order valence-corrected chi connectivity index (χ4v) is 2.48. The van der Waals surface area contributed by atoms with Crippen LogP contribution < -0.4 is 5.32 Å². The highest BCUT2D eigenvalue weighted by Crippen LogP contribution is 2.39. The van der Waals surface area contributed by atoms with E-state index in [1.165, 1.54) is 27.2 Å². The molecule has 1 amide bonds. The number of Topliss-reactive ketones (excluding diaryl/α,β-unsaturated/α-hetero) is 1. The van der Waals surface area contributed by atoms with Crippen molar-refractivity contribution in [3.05, 3.63) is 29.3 Å². The van der Waals surface area contributed by atoms with Crippen LogP contribution in [-0.2, 0) is 29.3 Å². The molecule has 0 saturated carbocycles. The number of anilines is 1. The Balaban J connectivity index is 2.32. The molecular formula is C16H17NO6. The molecule has 1 unspecified atom stereocenters. The van der Waals surface area contributed by atoms with Crippen LogP contribution in [0.4, 0.5) is 5.69 Å². The molecule has 1 N–H and O–H groups in total. The van der Waals surface area contributed by atoms with E-state index in [2.05, 4.69) is 10.1 Å². The first-order valence-corrected chi connectivity index (χ1v) is 6.99. The number of benzene rings is 1. The first kappa shape index (κ1) is 16.7. The lowest BCUT2D eigenvalue weighted by atomic mass is 9.82. The van der Waals surface area contributed by atoms with Crippen LogP contribution in [-0.4, -0.2) is 37.8 Å². The molecule has 0 bridgehead atoms. The number of nitrogens with one attached hydrogen (secondary N) is 1. The van der Waals surface area contributed by atoms with Crippen molar-refractivity contribution in [2.45, 2.75) is 25.2 Å². The molecule has 0 spiro atoms. The summed E-state index contributed by atoms with van der Waals surface area (Å²) in [6, 6.07) is 4.60. The molecule has 0 aromatic heterocycles. The molecule has 1 aliphatic heterocycles. The molecule has 0 radical (unpaired) electrons. The number of rotatable bonds is 5. The van der Waals surface area contributed by atoms with E-state index in [1.807, 2.05) is 0 Å². The summed E-state index contributed by atoms with van der Waals surface area (Å²) in [7, 11) is 2.45. The highest BCUT2D eigenvalue weighted by Gasteiger charge is 2.50. The highest BCUT2D eigenvalue weighted by atomic mass is 16.5. The van der Waals surface area contributed by atoms with Gasteiger partial charge in [0.1, 0.15) is 0 Å². The van der Waals surface area contributed by atoms with Crippen LogP contribution in [0.2, 0.25) is 0 Å². The van der Waals surface area contributed by atoms with Crippen LogP contribution in [0.25, 0.3) is 0 Å². The molecule has 1 aromatic rings. The molecule has 1 aromatic carbocycles. The van der Waals surface area contributed by atoms with E-state index in [1.54, 1.807) is 12.1 Å². The van der Waals surface area contributed by atoms with Crippen molar-refractivity contribution < 1.29 is 28.7 Å². The highest BCUT2D eigenvalue weighted by molar-refractivity contribution is 6.19. The van der Waals surface area contributed by atoms with Crippen molar-refractivity contribution in [1.82, 2.24) is 0 Å². The lowest BCUT2D eigenvalue weighted by molar-refractivity contribution is -0.150.